The van der Waals surface area contributed by atoms with E-state index in [9.17, 15) is 18.4 Å². The summed E-state index contributed by atoms with van der Waals surface area (Å²) in [7, 11) is 0. The molecule has 0 aliphatic carbocycles. The van der Waals surface area contributed by atoms with Crippen molar-refractivity contribution in [1.29, 1.82) is 0 Å². The Balaban J connectivity index is 1.56. The van der Waals surface area contributed by atoms with Crippen molar-refractivity contribution in [2.45, 2.75) is 39.5 Å². The lowest BCUT2D eigenvalue weighted by molar-refractivity contribution is -0.133. The molecule has 5 nitrogen and oxygen atoms in total. The lowest BCUT2D eigenvalue weighted by Gasteiger charge is -2.30. The SMILES string of the molecule is CC(C)N(CC(=O)N(Cc1ccccc1)Cc1cccn1Cc1ccc(F)cc1)C(=O)c1ccc(F)cc1. The van der Waals surface area contributed by atoms with Gasteiger partial charge < -0.3 is 14.4 Å². The van der Waals surface area contributed by atoms with Crippen LogP contribution in [0.3, 0.4) is 0 Å². The van der Waals surface area contributed by atoms with Crippen LogP contribution in [0.5, 0.6) is 0 Å². The number of amides is 2. The van der Waals surface area contributed by atoms with Gasteiger partial charge in [0.2, 0.25) is 5.91 Å². The summed E-state index contributed by atoms with van der Waals surface area (Å²) < 4.78 is 28.8. The van der Waals surface area contributed by atoms with Gasteiger partial charge in [0.05, 0.1) is 6.54 Å². The molecule has 7 heteroatoms. The van der Waals surface area contributed by atoms with Gasteiger partial charge in [-0.1, -0.05) is 42.5 Å². The highest BCUT2D eigenvalue weighted by molar-refractivity contribution is 5.96. The molecule has 0 atom stereocenters. The fraction of sp³-hybridized carbons (Fsp3) is 0.226. The molecule has 38 heavy (non-hydrogen) atoms. The van der Waals surface area contributed by atoms with E-state index in [2.05, 4.69) is 0 Å². The molecule has 0 aliphatic rings. The summed E-state index contributed by atoms with van der Waals surface area (Å²) in [6.07, 6.45) is 1.93. The van der Waals surface area contributed by atoms with E-state index in [0.29, 0.717) is 25.2 Å². The van der Waals surface area contributed by atoms with Crippen LogP contribution in [0.25, 0.3) is 0 Å². The van der Waals surface area contributed by atoms with Crippen molar-refractivity contribution in [3.05, 3.63) is 131 Å². The molecule has 3 aromatic carbocycles. The number of nitrogens with zero attached hydrogens (tertiary/aromatic N) is 3. The number of hydrogen-bond acceptors (Lipinski definition) is 2. The van der Waals surface area contributed by atoms with Crippen molar-refractivity contribution in [1.82, 2.24) is 14.4 Å². The Morgan fingerprint density at radius 1 is 0.763 bits per heavy atom. The molecular weight excluding hydrogens is 484 g/mol. The van der Waals surface area contributed by atoms with Crippen LogP contribution < -0.4 is 0 Å². The molecule has 0 spiro atoms. The predicted molar refractivity (Wildman–Crippen MR) is 143 cm³/mol. The Labute approximate surface area is 221 Å². The van der Waals surface area contributed by atoms with Crippen LogP contribution in [-0.4, -0.2) is 38.8 Å². The summed E-state index contributed by atoms with van der Waals surface area (Å²) in [6, 6.07) is 25.0. The molecule has 1 aromatic heterocycles. The minimum atomic E-state index is -0.425. The summed E-state index contributed by atoms with van der Waals surface area (Å²) in [5.41, 5.74) is 3.16. The summed E-state index contributed by atoms with van der Waals surface area (Å²) in [5.74, 6) is -1.24. The van der Waals surface area contributed by atoms with Gasteiger partial charge in [-0.25, -0.2) is 8.78 Å². The van der Waals surface area contributed by atoms with E-state index in [1.54, 1.807) is 17.0 Å². The molecule has 0 N–H and O–H groups in total. The maximum Gasteiger partial charge on any atom is 0.254 e. The van der Waals surface area contributed by atoms with Crippen molar-refractivity contribution in [2.75, 3.05) is 6.54 Å². The second-order valence-electron chi connectivity index (χ2n) is 9.52. The number of hydrogen-bond donors (Lipinski definition) is 0. The molecule has 1 heterocycles. The molecule has 2 amide bonds. The molecule has 0 radical (unpaired) electrons. The zero-order valence-corrected chi connectivity index (χ0v) is 21.6. The fourth-order valence-corrected chi connectivity index (χ4v) is 4.26. The first-order valence-corrected chi connectivity index (χ1v) is 12.6. The maximum absolute atomic E-state index is 13.7. The molecule has 4 rings (SSSR count). The summed E-state index contributed by atoms with van der Waals surface area (Å²) in [6.45, 7) is 4.83. The van der Waals surface area contributed by atoms with E-state index in [0.717, 1.165) is 16.8 Å². The van der Waals surface area contributed by atoms with Gasteiger partial charge in [-0.05, 0) is 73.5 Å². The summed E-state index contributed by atoms with van der Waals surface area (Å²) in [4.78, 5) is 30.2. The fourth-order valence-electron chi connectivity index (χ4n) is 4.26. The van der Waals surface area contributed by atoms with E-state index in [1.165, 1.54) is 41.3 Å². The maximum atomic E-state index is 13.7. The Morgan fingerprint density at radius 3 is 2.03 bits per heavy atom. The van der Waals surface area contributed by atoms with Crippen molar-refractivity contribution in [3.8, 4) is 0 Å². The Hall–Kier alpha value is -4.26. The highest BCUT2D eigenvalue weighted by Gasteiger charge is 2.25. The Bertz CT molecular complexity index is 1350. The minimum Gasteiger partial charge on any atom is -0.345 e. The van der Waals surface area contributed by atoms with E-state index < -0.39 is 5.82 Å². The quantitative estimate of drug-likeness (QED) is 0.264. The second kappa shape index (κ2) is 12.3. The number of carbonyl (C=O) groups excluding carboxylic acids is 2. The number of carbonyl (C=O) groups is 2. The van der Waals surface area contributed by atoms with Crippen LogP contribution in [0.2, 0.25) is 0 Å². The smallest absolute Gasteiger partial charge is 0.254 e. The monoisotopic (exact) mass is 515 g/mol. The second-order valence-corrected chi connectivity index (χ2v) is 9.52. The number of rotatable bonds is 10. The van der Waals surface area contributed by atoms with Crippen LogP contribution >= 0.6 is 0 Å². The lowest BCUT2D eigenvalue weighted by atomic mass is 10.1. The van der Waals surface area contributed by atoms with Crippen LogP contribution in [0, 0.1) is 11.6 Å². The number of halogens is 2. The molecule has 0 bridgehead atoms. The molecule has 196 valence electrons. The highest BCUT2D eigenvalue weighted by atomic mass is 19.1. The van der Waals surface area contributed by atoms with E-state index in [4.69, 9.17) is 0 Å². The molecular formula is C31H31F2N3O2. The number of aromatic nitrogens is 1. The first-order chi connectivity index (χ1) is 18.3. The standard InChI is InChI=1S/C31H31F2N3O2/c1-23(2)36(31(38)26-12-16-28(33)17-13-26)22-30(37)35(20-24-7-4-3-5-8-24)21-29-9-6-18-34(29)19-25-10-14-27(32)15-11-25/h3-18,23H,19-22H2,1-2H3. The zero-order chi connectivity index (χ0) is 27.1. The molecule has 0 unspecified atom stereocenters. The first kappa shape index (κ1) is 26.8. The van der Waals surface area contributed by atoms with Gasteiger partial charge in [-0.15, -0.1) is 0 Å². The van der Waals surface area contributed by atoms with Crippen LogP contribution in [0.1, 0.15) is 41.0 Å². The third-order valence-electron chi connectivity index (χ3n) is 6.39. The van der Waals surface area contributed by atoms with Gasteiger partial charge in [0, 0.05) is 36.6 Å². The van der Waals surface area contributed by atoms with Crippen molar-refractivity contribution in [3.63, 3.8) is 0 Å². The van der Waals surface area contributed by atoms with E-state index in [1.807, 2.05) is 67.1 Å². The summed E-state index contributed by atoms with van der Waals surface area (Å²) in [5, 5.41) is 0. The van der Waals surface area contributed by atoms with Gasteiger partial charge in [0.1, 0.15) is 18.2 Å². The molecule has 0 fully saturated rings. The van der Waals surface area contributed by atoms with E-state index in [-0.39, 0.29) is 30.2 Å². The van der Waals surface area contributed by atoms with Crippen LogP contribution in [0.4, 0.5) is 8.78 Å². The van der Waals surface area contributed by atoms with Crippen LogP contribution in [0.15, 0.2) is 97.2 Å². The topological polar surface area (TPSA) is 45.6 Å². The van der Waals surface area contributed by atoms with Gasteiger partial charge in [-0.3, -0.25) is 9.59 Å². The highest BCUT2D eigenvalue weighted by Crippen LogP contribution is 2.16. The molecule has 0 aliphatic heterocycles. The van der Waals surface area contributed by atoms with Gasteiger partial charge in [0.15, 0.2) is 0 Å². The third kappa shape index (κ3) is 6.94. The lowest BCUT2D eigenvalue weighted by Crippen LogP contribution is -2.45. The normalized spacial score (nSPS) is 11.0. The molecule has 0 saturated carbocycles. The van der Waals surface area contributed by atoms with Crippen LogP contribution in [-0.2, 0) is 24.4 Å². The summed E-state index contributed by atoms with van der Waals surface area (Å²) >= 11 is 0. The predicted octanol–water partition coefficient (Wildman–Crippen LogP) is 5.89. The zero-order valence-electron chi connectivity index (χ0n) is 21.6. The Kier molecular flexibility index (Phi) is 8.69. The largest absolute Gasteiger partial charge is 0.345 e. The molecule has 0 saturated heterocycles. The van der Waals surface area contributed by atoms with Crippen molar-refractivity contribution in [2.24, 2.45) is 0 Å². The van der Waals surface area contributed by atoms with Gasteiger partial charge in [-0.2, -0.15) is 0 Å². The van der Waals surface area contributed by atoms with Crippen molar-refractivity contribution >= 4 is 11.8 Å². The van der Waals surface area contributed by atoms with Gasteiger partial charge >= 0.3 is 0 Å². The average Bonchev–Trinajstić information content (AvgIpc) is 3.35. The molecule has 4 aromatic rings. The average molecular weight is 516 g/mol. The third-order valence-corrected chi connectivity index (χ3v) is 6.39. The van der Waals surface area contributed by atoms with Crippen molar-refractivity contribution < 1.29 is 18.4 Å². The van der Waals surface area contributed by atoms with E-state index >= 15 is 0 Å². The number of benzene rings is 3. The Morgan fingerprint density at radius 2 is 1.39 bits per heavy atom. The first-order valence-electron chi connectivity index (χ1n) is 12.6. The minimum absolute atomic E-state index is 0.112. The van der Waals surface area contributed by atoms with Gasteiger partial charge in [0.25, 0.3) is 5.91 Å².